The standard InChI is InChI=1S/2C20H19ClN6O/c1-14(18-24-20(28-25-18)15-4-2-6-17(21)12-15)26-8-10-27(11-9-26)19-16(13-22)5-3-7-23-19;1-14(19-24-20(28-25-19)16-3-2-4-17(21)11-16)26-7-9-27(10-8-26)18-6-5-15(12-22)13-23-18/h2-7,12,14H,8-11H2,1H3;2-6,11,13-14H,7-10H2,1H3. The fourth-order valence-electron chi connectivity index (χ4n) is 6.65. The highest BCUT2D eigenvalue weighted by molar-refractivity contribution is 6.31. The molecule has 2 fully saturated rings. The molecular weight excluding hydrogens is 751 g/mol. The van der Waals surface area contributed by atoms with E-state index in [4.69, 9.17) is 37.5 Å². The lowest BCUT2D eigenvalue weighted by Crippen LogP contribution is -2.47. The predicted octanol–water partition coefficient (Wildman–Crippen LogP) is 7.08. The molecule has 0 bridgehead atoms. The van der Waals surface area contributed by atoms with Crippen LogP contribution in [0.15, 0.2) is 94.2 Å². The summed E-state index contributed by atoms with van der Waals surface area (Å²) in [5.74, 6) is 3.91. The quantitative estimate of drug-likeness (QED) is 0.154. The van der Waals surface area contributed by atoms with Crippen molar-refractivity contribution in [3.05, 3.63) is 118 Å². The highest BCUT2D eigenvalue weighted by atomic mass is 35.5. The molecule has 0 aliphatic carbocycles. The average Bonchev–Trinajstić information content (AvgIpc) is 3.96. The third-order valence-corrected chi connectivity index (χ3v) is 10.4. The van der Waals surface area contributed by atoms with E-state index in [2.05, 4.69) is 75.8 Å². The second-order valence-corrected chi connectivity index (χ2v) is 14.2. The first kappa shape index (κ1) is 38.4. The van der Waals surface area contributed by atoms with Crippen LogP contribution in [0.3, 0.4) is 0 Å². The van der Waals surface area contributed by atoms with E-state index in [9.17, 15) is 5.26 Å². The van der Waals surface area contributed by atoms with E-state index in [1.807, 2.05) is 54.6 Å². The molecule has 2 unspecified atom stereocenters. The van der Waals surface area contributed by atoms with Crippen LogP contribution < -0.4 is 9.80 Å². The number of nitrogens with zero attached hydrogens (tertiary/aromatic N) is 12. The summed E-state index contributed by atoms with van der Waals surface area (Å²) in [5, 5.41) is 27.8. The van der Waals surface area contributed by atoms with Gasteiger partial charge in [-0.2, -0.15) is 20.5 Å². The smallest absolute Gasteiger partial charge is 0.258 e. The average molecular weight is 790 g/mol. The van der Waals surface area contributed by atoms with Crippen molar-refractivity contribution in [2.24, 2.45) is 0 Å². The van der Waals surface area contributed by atoms with Crippen LogP contribution in [0, 0.1) is 22.7 Å². The molecule has 284 valence electrons. The van der Waals surface area contributed by atoms with Crippen molar-refractivity contribution in [3.8, 4) is 35.0 Å². The van der Waals surface area contributed by atoms with Gasteiger partial charge >= 0.3 is 0 Å². The number of halogens is 2. The van der Waals surface area contributed by atoms with E-state index in [-0.39, 0.29) is 12.1 Å². The lowest BCUT2D eigenvalue weighted by molar-refractivity contribution is 0.188. The maximum Gasteiger partial charge on any atom is 0.258 e. The van der Waals surface area contributed by atoms with Crippen molar-refractivity contribution in [3.63, 3.8) is 0 Å². The lowest BCUT2D eigenvalue weighted by atomic mass is 10.2. The van der Waals surface area contributed by atoms with E-state index in [0.29, 0.717) is 44.6 Å². The summed E-state index contributed by atoms with van der Waals surface area (Å²) in [6.45, 7) is 10.8. The summed E-state index contributed by atoms with van der Waals surface area (Å²) in [5.41, 5.74) is 2.80. The highest BCUT2D eigenvalue weighted by Gasteiger charge is 2.28. The van der Waals surface area contributed by atoms with Crippen LogP contribution in [-0.2, 0) is 0 Å². The zero-order valence-corrected chi connectivity index (χ0v) is 32.3. The monoisotopic (exact) mass is 788 g/mol. The molecule has 0 radical (unpaired) electrons. The Morgan fingerprint density at radius 1 is 0.643 bits per heavy atom. The van der Waals surface area contributed by atoms with Crippen LogP contribution in [0.1, 0.15) is 48.7 Å². The Kier molecular flexibility index (Phi) is 12.1. The van der Waals surface area contributed by atoms with E-state index < -0.39 is 0 Å². The van der Waals surface area contributed by atoms with Gasteiger partial charge in [0.2, 0.25) is 0 Å². The molecule has 0 saturated carbocycles. The normalized spacial score (nSPS) is 16.0. The minimum absolute atomic E-state index is 0.0259. The van der Waals surface area contributed by atoms with Gasteiger partial charge in [-0.1, -0.05) is 45.6 Å². The molecule has 6 aromatic rings. The zero-order valence-electron chi connectivity index (χ0n) is 30.8. The minimum atomic E-state index is 0.0259. The topological polar surface area (TPSA) is 164 Å². The van der Waals surface area contributed by atoms with Gasteiger partial charge in [-0.15, -0.1) is 0 Å². The van der Waals surface area contributed by atoms with Crippen LogP contribution in [-0.4, -0.2) is 92.4 Å². The fraction of sp³-hybridized carbons (Fsp3) is 0.300. The summed E-state index contributed by atoms with van der Waals surface area (Å²) in [7, 11) is 0. The number of anilines is 2. The Balaban J connectivity index is 0.000000172. The van der Waals surface area contributed by atoms with Crippen LogP contribution in [0.4, 0.5) is 11.6 Å². The van der Waals surface area contributed by atoms with E-state index in [1.54, 1.807) is 30.6 Å². The highest BCUT2D eigenvalue weighted by Crippen LogP contribution is 2.28. The SMILES string of the molecule is CC(c1noc(-c2cccc(Cl)c2)n1)N1CCN(c2ccc(C#N)cn2)CC1.CC(c1noc(-c2cccc(Cl)c2)n1)N1CCN(c2ncccc2C#N)CC1. The lowest BCUT2D eigenvalue weighted by Gasteiger charge is -2.37. The maximum absolute atomic E-state index is 9.29. The van der Waals surface area contributed by atoms with Crippen LogP contribution in [0.25, 0.3) is 22.9 Å². The number of aromatic nitrogens is 6. The molecule has 2 atom stereocenters. The van der Waals surface area contributed by atoms with Gasteiger partial charge in [-0.25, -0.2) is 9.97 Å². The summed E-state index contributed by atoms with van der Waals surface area (Å²) in [4.78, 5) is 26.9. The fourth-order valence-corrected chi connectivity index (χ4v) is 7.03. The Morgan fingerprint density at radius 3 is 1.68 bits per heavy atom. The van der Waals surface area contributed by atoms with Gasteiger partial charge in [0.25, 0.3) is 11.8 Å². The minimum Gasteiger partial charge on any atom is -0.354 e. The van der Waals surface area contributed by atoms with Crippen molar-refractivity contribution < 1.29 is 9.05 Å². The van der Waals surface area contributed by atoms with Crippen molar-refractivity contribution in [2.45, 2.75) is 25.9 Å². The third kappa shape index (κ3) is 8.96. The number of piperazine rings is 2. The van der Waals surface area contributed by atoms with Gasteiger partial charge in [0.1, 0.15) is 23.8 Å². The summed E-state index contributed by atoms with van der Waals surface area (Å²) < 4.78 is 10.9. The van der Waals surface area contributed by atoms with Gasteiger partial charge in [0.15, 0.2) is 11.6 Å². The Hall–Kier alpha value is -5.90. The van der Waals surface area contributed by atoms with Crippen molar-refractivity contribution in [2.75, 3.05) is 62.2 Å². The van der Waals surface area contributed by atoms with Gasteiger partial charge in [-0.3, -0.25) is 9.80 Å². The molecule has 6 heterocycles. The molecule has 2 saturated heterocycles. The van der Waals surface area contributed by atoms with E-state index >= 15 is 0 Å². The Bertz CT molecular complexity index is 2320. The molecule has 2 aliphatic rings. The number of hydrogen-bond acceptors (Lipinski definition) is 14. The van der Waals surface area contributed by atoms with Crippen LogP contribution in [0.5, 0.6) is 0 Å². The second kappa shape index (κ2) is 17.7. The van der Waals surface area contributed by atoms with Crippen molar-refractivity contribution >= 4 is 34.8 Å². The molecule has 8 rings (SSSR count). The molecule has 2 aliphatic heterocycles. The first-order chi connectivity index (χ1) is 27.3. The number of rotatable bonds is 8. The summed E-state index contributed by atoms with van der Waals surface area (Å²) in [6, 6.07) is 26.4. The van der Waals surface area contributed by atoms with E-state index in [1.165, 1.54) is 0 Å². The molecule has 0 spiro atoms. The zero-order chi connectivity index (χ0) is 39.0. The first-order valence-electron chi connectivity index (χ1n) is 18.2. The molecular formula is C40H38Cl2N12O2. The van der Waals surface area contributed by atoms with Gasteiger partial charge in [0.05, 0.1) is 23.2 Å². The van der Waals surface area contributed by atoms with Gasteiger partial charge < -0.3 is 18.8 Å². The Labute approximate surface area is 334 Å². The van der Waals surface area contributed by atoms with Crippen LogP contribution >= 0.6 is 23.2 Å². The predicted molar refractivity (Wildman–Crippen MR) is 212 cm³/mol. The molecule has 4 aromatic heterocycles. The number of benzene rings is 2. The van der Waals surface area contributed by atoms with Crippen molar-refractivity contribution in [1.29, 1.82) is 10.5 Å². The first-order valence-corrected chi connectivity index (χ1v) is 18.9. The molecule has 14 nitrogen and oxygen atoms in total. The second-order valence-electron chi connectivity index (χ2n) is 13.3. The Morgan fingerprint density at radius 2 is 1.20 bits per heavy atom. The van der Waals surface area contributed by atoms with Gasteiger partial charge in [0, 0.05) is 85.9 Å². The van der Waals surface area contributed by atoms with E-state index in [0.717, 1.165) is 75.1 Å². The molecule has 0 N–H and O–H groups in total. The molecule has 56 heavy (non-hydrogen) atoms. The third-order valence-electron chi connectivity index (χ3n) is 9.91. The number of pyridine rings is 2. The largest absolute Gasteiger partial charge is 0.354 e. The molecule has 16 heteroatoms. The summed E-state index contributed by atoms with van der Waals surface area (Å²) in [6.07, 6.45) is 3.34. The van der Waals surface area contributed by atoms with Gasteiger partial charge in [-0.05, 0) is 74.5 Å². The summed E-state index contributed by atoms with van der Waals surface area (Å²) >= 11 is 12.1. The molecule has 2 aromatic carbocycles. The number of hydrogen-bond donors (Lipinski definition) is 0. The maximum atomic E-state index is 9.29. The van der Waals surface area contributed by atoms with Crippen LogP contribution in [0.2, 0.25) is 10.0 Å². The molecule has 0 amide bonds. The van der Waals surface area contributed by atoms with Crippen molar-refractivity contribution in [1.82, 2.24) is 40.0 Å². The number of nitriles is 2.